The van der Waals surface area contributed by atoms with Gasteiger partial charge in [0.1, 0.15) is 0 Å². The molecule has 0 aliphatic heterocycles. The molecule has 3 heteroatoms. The molecular weight excluding hydrogens is 265 g/mol. The molecule has 0 saturated heterocycles. The van der Waals surface area contributed by atoms with Crippen LogP contribution >= 0.6 is 23.2 Å². The minimum absolute atomic E-state index is 0.117. The molecule has 0 spiro atoms. The fraction of sp³-hybridized carbons (Fsp3) is 0.600. The summed E-state index contributed by atoms with van der Waals surface area (Å²) in [6.45, 7) is 4.58. The first-order valence-electron chi connectivity index (χ1n) is 6.61. The Morgan fingerprint density at radius 1 is 1.22 bits per heavy atom. The van der Waals surface area contributed by atoms with Crippen molar-refractivity contribution in [2.24, 2.45) is 17.6 Å². The maximum atomic E-state index is 6.59. The van der Waals surface area contributed by atoms with Gasteiger partial charge >= 0.3 is 0 Å². The molecule has 1 saturated carbocycles. The van der Waals surface area contributed by atoms with Gasteiger partial charge in [0.05, 0.1) is 0 Å². The highest BCUT2D eigenvalue weighted by atomic mass is 35.5. The predicted molar refractivity (Wildman–Crippen MR) is 79.3 cm³/mol. The van der Waals surface area contributed by atoms with E-state index in [0.29, 0.717) is 16.9 Å². The van der Waals surface area contributed by atoms with E-state index in [4.69, 9.17) is 28.9 Å². The van der Waals surface area contributed by atoms with Crippen molar-refractivity contribution in [2.75, 3.05) is 0 Å². The van der Waals surface area contributed by atoms with Gasteiger partial charge in [0.15, 0.2) is 0 Å². The lowest BCUT2D eigenvalue weighted by Gasteiger charge is -2.40. The molecule has 2 N–H and O–H groups in total. The highest BCUT2D eigenvalue weighted by molar-refractivity contribution is 6.35. The molecule has 1 aliphatic rings. The molecule has 2 atom stereocenters. The highest BCUT2D eigenvalue weighted by Gasteiger charge is 2.34. The van der Waals surface area contributed by atoms with Crippen LogP contribution in [0.3, 0.4) is 0 Å². The summed E-state index contributed by atoms with van der Waals surface area (Å²) in [6, 6.07) is 5.70. The molecule has 0 heterocycles. The second kappa shape index (κ2) is 5.40. The lowest BCUT2D eigenvalue weighted by Crippen LogP contribution is -2.48. The van der Waals surface area contributed by atoms with Crippen LogP contribution in [0, 0.1) is 11.8 Å². The lowest BCUT2D eigenvalue weighted by atomic mass is 9.70. The van der Waals surface area contributed by atoms with Gasteiger partial charge in [0.2, 0.25) is 0 Å². The van der Waals surface area contributed by atoms with Gasteiger partial charge < -0.3 is 5.73 Å². The Morgan fingerprint density at radius 2 is 1.83 bits per heavy atom. The standard InChI is InChI=1S/C15H21Cl2N/c1-10-5-11(2)8-15(18,7-10)9-12-3-4-13(16)6-14(12)17/h3-4,6,10-11H,5,7-9,18H2,1-2H3. The third kappa shape index (κ3) is 3.40. The molecule has 100 valence electrons. The van der Waals surface area contributed by atoms with Gasteiger partial charge in [-0.15, -0.1) is 0 Å². The summed E-state index contributed by atoms with van der Waals surface area (Å²) in [4.78, 5) is 0. The molecule has 2 unspecified atom stereocenters. The van der Waals surface area contributed by atoms with Crippen molar-refractivity contribution < 1.29 is 0 Å². The van der Waals surface area contributed by atoms with E-state index < -0.39 is 0 Å². The molecule has 1 nitrogen and oxygen atoms in total. The van der Waals surface area contributed by atoms with Gasteiger partial charge in [0.25, 0.3) is 0 Å². The molecule has 0 aromatic heterocycles. The van der Waals surface area contributed by atoms with Gasteiger partial charge in [-0.05, 0) is 55.2 Å². The summed E-state index contributed by atoms with van der Waals surface area (Å²) >= 11 is 12.2. The number of hydrogen-bond donors (Lipinski definition) is 1. The Kier molecular flexibility index (Phi) is 4.25. The van der Waals surface area contributed by atoms with E-state index in [1.54, 1.807) is 6.07 Å². The Balaban J connectivity index is 2.16. The van der Waals surface area contributed by atoms with Crippen molar-refractivity contribution in [3.05, 3.63) is 33.8 Å². The van der Waals surface area contributed by atoms with Gasteiger partial charge in [-0.1, -0.05) is 43.1 Å². The summed E-state index contributed by atoms with van der Waals surface area (Å²) in [5.41, 5.74) is 7.59. The van der Waals surface area contributed by atoms with Crippen molar-refractivity contribution in [3.8, 4) is 0 Å². The zero-order valence-corrected chi connectivity index (χ0v) is 12.6. The summed E-state index contributed by atoms with van der Waals surface area (Å²) in [5, 5.41) is 1.42. The Bertz CT molecular complexity index is 421. The first-order chi connectivity index (χ1) is 8.38. The lowest BCUT2D eigenvalue weighted by molar-refractivity contribution is 0.182. The van der Waals surface area contributed by atoms with Crippen LogP contribution in [-0.2, 0) is 6.42 Å². The van der Waals surface area contributed by atoms with Crippen LogP contribution in [0.25, 0.3) is 0 Å². The van der Waals surface area contributed by atoms with E-state index in [0.717, 1.165) is 29.8 Å². The first-order valence-corrected chi connectivity index (χ1v) is 7.36. The average molecular weight is 286 g/mol. The molecule has 0 radical (unpaired) electrons. The normalized spacial score (nSPS) is 32.5. The second-order valence-corrected chi connectivity index (χ2v) is 6.97. The molecule has 1 fully saturated rings. The summed E-state index contributed by atoms with van der Waals surface area (Å²) in [5.74, 6) is 1.40. The van der Waals surface area contributed by atoms with Crippen LogP contribution in [0.4, 0.5) is 0 Å². The Morgan fingerprint density at radius 3 is 2.39 bits per heavy atom. The maximum Gasteiger partial charge on any atom is 0.0453 e. The molecule has 18 heavy (non-hydrogen) atoms. The molecule has 0 bridgehead atoms. The monoisotopic (exact) mass is 285 g/mol. The van der Waals surface area contributed by atoms with Crippen LogP contribution in [0.5, 0.6) is 0 Å². The molecule has 1 aliphatic carbocycles. The third-order valence-electron chi connectivity index (χ3n) is 3.87. The quantitative estimate of drug-likeness (QED) is 0.838. The van der Waals surface area contributed by atoms with E-state index in [1.807, 2.05) is 12.1 Å². The third-order valence-corrected chi connectivity index (χ3v) is 4.46. The van der Waals surface area contributed by atoms with Gasteiger partial charge in [-0.25, -0.2) is 0 Å². The molecule has 1 aromatic carbocycles. The largest absolute Gasteiger partial charge is 0.325 e. The van der Waals surface area contributed by atoms with Crippen molar-refractivity contribution >= 4 is 23.2 Å². The van der Waals surface area contributed by atoms with Gasteiger partial charge in [-0.3, -0.25) is 0 Å². The van der Waals surface area contributed by atoms with Gasteiger partial charge in [0, 0.05) is 15.6 Å². The maximum absolute atomic E-state index is 6.59. The molecule has 0 amide bonds. The van der Waals surface area contributed by atoms with Crippen molar-refractivity contribution in [3.63, 3.8) is 0 Å². The smallest absolute Gasteiger partial charge is 0.0453 e. The minimum atomic E-state index is -0.117. The van der Waals surface area contributed by atoms with E-state index in [-0.39, 0.29) is 5.54 Å². The van der Waals surface area contributed by atoms with E-state index >= 15 is 0 Å². The number of benzene rings is 1. The summed E-state index contributed by atoms with van der Waals surface area (Å²) < 4.78 is 0. The fourth-order valence-corrected chi connectivity index (χ4v) is 3.99. The van der Waals surface area contributed by atoms with Crippen molar-refractivity contribution in [1.82, 2.24) is 0 Å². The fourth-order valence-electron chi connectivity index (χ4n) is 3.51. The zero-order chi connectivity index (χ0) is 13.3. The van der Waals surface area contributed by atoms with Crippen LogP contribution < -0.4 is 5.73 Å². The van der Waals surface area contributed by atoms with Crippen LogP contribution in [0.15, 0.2) is 18.2 Å². The Hall–Kier alpha value is -0.240. The minimum Gasteiger partial charge on any atom is -0.325 e. The summed E-state index contributed by atoms with van der Waals surface area (Å²) in [6.07, 6.45) is 4.29. The average Bonchev–Trinajstić information content (AvgIpc) is 2.20. The number of nitrogens with two attached hydrogens (primary N) is 1. The molecule has 2 rings (SSSR count). The van der Waals surface area contributed by atoms with Crippen LogP contribution in [-0.4, -0.2) is 5.54 Å². The van der Waals surface area contributed by atoms with Crippen LogP contribution in [0.1, 0.15) is 38.7 Å². The first kappa shape index (κ1) is 14.2. The second-order valence-electron chi connectivity index (χ2n) is 6.13. The van der Waals surface area contributed by atoms with Gasteiger partial charge in [-0.2, -0.15) is 0 Å². The summed E-state index contributed by atoms with van der Waals surface area (Å²) in [7, 11) is 0. The number of hydrogen-bond acceptors (Lipinski definition) is 1. The predicted octanol–water partition coefficient (Wildman–Crippen LogP) is 4.69. The van der Waals surface area contributed by atoms with Crippen molar-refractivity contribution in [2.45, 2.75) is 45.1 Å². The van der Waals surface area contributed by atoms with E-state index in [1.165, 1.54) is 6.42 Å². The molecular formula is C15H21Cl2N. The zero-order valence-electron chi connectivity index (χ0n) is 11.0. The molecule has 1 aromatic rings. The van der Waals surface area contributed by atoms with E-state index in [2.05, 4.69) is 13.8 Å². The number of halogens is 2. The SMILES string of the molecule is CC1CC(C)CC(N)(Cc2ccc(Cl)cc2Cl)C1. The Labute approximate surface area is 120 Å². The number of rotatable bonds is 2. The van der Waals surface area contributed by atoms with Crippen LogP contribution in [0.2, 0.25) is 10.0 Å². The van der Waals surface area contributed by atoms with Crippen molar-refractivity contribution in [1.29, 1.82) is 0 Å². The van der Waals surface area contributed by atoms with E-state index in [9.17, 15) is 0 Å². The topological polar surface area (TPSA) is 26.0 Å². The highest BCUT2D eigenvalue weighted by Crippen LogP contribution is 2.37.